The monoisotopic (exact) mass is 471 g/mol. The van der Waals surface area contributed by atoms with Crippen LogP contribution in [0, 0.1) is 0 Å². The number of anilines is 2. The number of carbonyl (C=O) groups is 1. The summed E-state index contributed by atoms with van der Waals surface area (Å²) in [6.45, 7) is 3.71. The number of rotatable bonds is 6. The number of nitrogens with one attached hydrogen (secondary N) is 1. The molecule has 32 heavy (non-hydrogen) atoms. The van der Waals surface area contributed by atoms with Crippen LogP contribution in [-0.4, -0.2) is 60.8 Å². The van der Waals surface area contributed by atoms with Crippen LogP contribution in [0.5, 0.6) is 5.75 Å². The molecule has 166 valence electrons. The van der Waals surface area contributed by atoms with Crippen molar-refractivity contribution in [3.63, 3.8) is 0 Å². The Morgan fingerprint density at radius 1 is 1.03 bits per heavy atom. The summed E-state index contributed by atoms with van der Waals surface area (Å²) in [6.07, 6.45) is 0. The molecular weight excluding hydrogens is 449 g/mol. The van der Waals surface area contributed by atoms with Crippen LogP contribution in [0.25, 0.3) is 11.3 Å². The van der Waals surface area contributed by atoms with Gasteiger partial charge in [-0.2, -0.15) is 0 Å². The summed E-state index contributed by atoms with van der Waals surface area (Å²) in [7, 11) is 2.12. The highest BCUT2D eigenvalue weighted by atomic mass is 35.5. The fourth-order valence-corrected chi connectivity index (χ4v) is 3.70. The van der Waals surface area contributed by atoms with Crippen molar-refractivity contribution >= 4 is 40.6 Å². The van der Waals surface area contributed by atoms with Crippen molar-refractivity contribution in [2.75, 3.05) is 50.1 Å². The van der Waals surface area contributed by atoms with Gasteiger partial charge in [-0.3, -0.25) is 4.79 Å². The largest absolute Gasteiger partial charge is 0.482 e. The molecule has 2 aromatic carbocycles. The number of hydrogen-bond donors (Lipinski definition) is 1. The average molecular weight is 472 g/mol. The lowest BCUT2D eigenvalue weighted by Gasteiger charge is -2.32. The molecule has 1 fully saturated rings. The van der Waals surface area contributed by atoms with E-state index in [9.17, 15) is 4.79 Å². The average Bonchev–Trinajstić information content (AvgIpc) is 2.80. The fourth-order valence-electron chi connectivity index (χ4n) is 3.37. The van der Waals surface area contributed by atoms with Crippen LogP contribution in [0.15, 0.2) is 54.6 Å². The van der Waals surface area contributed by atoms with E-state index in [1.165, 1.54) is 0 Å². The van der Waals surface area contributed by atoms with E-state index in [1.807, 2.05) is 30.3 Å². The smallest absolute Gasteiger partial charge is 0.262 e. The van der Waals surface area contributed by atoms with Gasteiger partial charge in [0.2, 0.25) is 0 Å². The molecule has 0 atom stereocenters. The molecule has 7 nitrogen and oxygen atoms in total. The standard InChI is InChI=1S/C23H23Cl2N5O2/c1-29-9-11-30(12-10-29)22-8-7-20(27-28-22)16-3-2-4-18(13-16)26-23(31)15-32-21-14-17(24)5-6-19(21)25/h2-8,13-14H,9-12,15H2,1H3,(H,26,31). The van der Waals surface area contributed by atoms with Crippen LogP contribution < -0.4 is 15.0 Å². The number of hydrogen-bond acceptors (Lipinski definition) is 6. The zero-order chi connectivity index (χ0) is 22.5. The highest BCUT2D eigenvalue weighted by Crippen LogP contribution is 2.28. The van der Waals surface area contributed by atoms with Gasteiger partial charge in [-0.25, -0.2) is 0 Å². The molecular formula is C23H23Cl2N5O2. The third kappa shape index (κ3) is 5.68. The van der Waals surface area contributed by atoms with E-state index in [2.05, 4.69) is 32.4 Å². The number of likely N-dealkylation sites (N-methyl/N-ethyl adjacent to an activating group) is 1. The predicted molar refractivity (Wildman–Crippen MR) is 128 cm³/mol. The van der Waals surface area contributed by atoms with Gasteiger partial charge in [0.1, 0.15) is 5.75 Å². The molecule has 3 aromatic rings. The Labute approximate surface area is 196 Å². The summed E-state index contributed by atoms with van der Waals surface area (Å²) < 4.78 is 5.49. The van der Waals surface area contributed by atoms with Gasteiger partial charge in [0, 0.05) is 48.5 Å². The number of ether oxygens (including phenoxy) is 1. The van der Waals surface area contributed by atoms with Crippen molar-refractivity contribution in [2.45, 2.75) is 0 Å². The summed E-state index contributed by atoms with van der Waals surface area (Å²) >= 11 is 12.0. The Morgan fingerprint density at radius 2 is 1.84 bits per heavy atom. The molecule has 0 spiro atoms. The fraction of sp³-hybridized carbons (Fsp3) is 0.261. The van der Waals surface area contributed by atoms with Crippen molar-refractivity contribution in [1.29, 1.82) is 0 Å². The molecule has 9 heteroatoms. The molecule has 4 rings (SSSR count). The van der Waals surface area contributed by atoms with Crippen LogP contribution in [0.4, 0.5) is 11.5 Å². The Kier molecular flexibility index (Phi) is 7.09. The van der Waals surface area contributed by atoms with Crippen molar-refractivity contribution in [3.05, 3.63) is 64.6 Å². The topological polar surface area (TPSA) is 70.6 Å². The van der Waals surface area contributed by atoms with E-state index in [0.29, 0.717) is 21.5 Å². The summed E-state index contributed by atoms with van der Waals surface area (Å²) in [5.41, 5.74) is 2.23. The number of amides is 1. The zero-order valence-electron chi connectivity index (χ0n) is 17.6. The molecule has 1 aliphatic heterocycles. The minimum absolute atomic E-state index is 0.191. The first-order valence-corrected chi connectivity index (χ1v) is 11.0. The number of piperazine rings is 1. The van der Waals surface area contributed by atoms with Gasteiger partial charge >= 0.3 is 0 Å². The highest BCUT2D eigenvalue weighted by Gasteiger charge is 2.16. The van der Waals surface area contributed by atoms with Crippen LogP contribution in [0.1, 0.15) is 0 Å². The minimum atomic E-state index is -0.310. The van der Waals surface area contributed by atoms with Gasteiger partial charge in [0.15, 0.2) is 12.4 Å². The molecule has 0 saturated carbocycles. The van der Waals surface area contributed by atoms with E-state index in [1.54, 1.807) is 24.3 Å². The first kappa shape index (κ1) is 22.3. The summed E-state index contributed by atoms with van der Waals surface area (Å²) in [5, 5.41) is 12.5. The maximum atomic E-state index is 12.3. The van der Waals surface area contributed by atoms with Gasteiger partial charge in [0.05, 0.1) is 10.7 Å². The van der Waals surface area contributed by atoms with Crippen molar-refractivity contribution < 1.29 is 9.53 Å². The van der Waals surface area contributed by atoms with E-state index < -0.39 is 0 Å². The van der Waals surface area contributed by atoms with Crippen LogP contribution in [-0.2, 0) is 4.79 Å². The third-order valence-corrected chi connectivity index (χ3v) is 5.72. The van der Waals surface area contributed by atoms with Gasteiger partial charge in [0.25, 0.3) is 5.91 Å². The quantitative estimate of drug-likeness (QED) is 0.580. The Bertz CT molecular complexity index is 1090. The third-order valence-electron chi connectivity index (χ3n) is 5.17. The Hall–Kier alpha value is -2.87. The number of nitrogens with zero attached hydrogens (tertiary/aromatic N) is 4. The molecule has 0 bridgehead atoms. The molecule has 2 heterocycles. The van der Waals surface area contributed by atoms with Crippen LogP contribution >= 0.6 is 23.2 Å². The van der Waals surface area contributed by atoms with E-state index in [-0.39, 0.29) is 12.5 Å². The molecule has 0 aliphatic carbocycles. The first-order chi connectivity index (χ1) is 15.5. The van der Waals surface area contributed by atoms with Gasteiger partial charge in [-0.1, -0.05) is 35.3 Å². The highest BCUT2D eigenvalue weighted by molar-refractivity contribution is 6.34. The Morgan fingerprint density at radius 3 is 2.59 bits per heavy atom. The second kappa shape index (κ2) is 10.2. The predicted octanol–water partition coefficient (Wildman–Crippen LogP) is 4.22. The lowest BCUT2D eigenvalue weighted by molar-refractivity contribution is -0.118. The minimum Gasteiger partial charge on any atom is -0.482 e. The van der Waals surface area contributed by atoms with Crippen LogP contribution in [0.2, 0.25) is 10.0 Å². The second-order valence-corrected chi connectivity index (χ2v) is 8.40. The molecule has 1 aromatic heterocycles. The molecule has 1 saturated heterocycles. The van der Waals surface area contributed by atoms with Crippen molar-refractivity contribution in [2.24, 2.45) is 0 Å². The normalized spacial score (nSPS) is 14.3. The summed E-state index contributed by atoms with van der Waals surface area (Å²) in [6, 6.07) is 16.2. The number of benzene rings is 2. The molecule has 1 N–H and O–H groups in total. The number of carbonyl (C=O) groups excluding carboxylic acids is 1. The molecule has 0 unspecified atom stereocenters. The van der Waals surface area contributed by atoms with Gasteiger partial charge < -0.3 is 19.9 Å². The molecule has 0 radical (unpaired) electrons. The molecule has 1 amide bonds. The molecule has 1 aliphatic rings. The number of halogens is 2. The van der Waals surface area contributed by atoms with Crippen molar-refractivity contribution in [3.8, 4) is 17.0 Å². The zero-order valence-corrected chi connectivity index (χ0v) is 19.1. The SMILES string of the molecule is CN1CCN(c2ccc(-c3cccc(NC(=O)COc4cc(Cl)ccc4Cl)c3)nn2)CC1. The number of aromatic nitrogens is 2. The van der Waals surface area contributed by atoms with E-state index in [4.69, 9.17) is 27.9 Å². The maximum absolute atomic E-state index is 12.3. The lowest BCUT2D eigenvalue weighted by atomic mass is 10.1. The van der Waals surface area contributed by atoms with Gasteiger partial charge in [-0.05, 0) is 43.4 Å². The van der Waals surface area contributed by atoms with Gasteiger partial charge in [-0.15, -0.1) is 10.2 Å². The van der Waals surface area contributed by atoms with Crippen LogP contribution in [0.3, 0.4) is 0 Å². The summed E-state index contributed by atoms with van der Waals surface area (Å²) in [5.74, 6) is 0.927. The first-order valence-electron chi connectivity index (χ1n) is 10.2. The second-order valence-electron chi connectivity index (χ2n) is 7.56. The Balaban J connectivity index is 1.37. The maximum Gasteiger partial charge on any atom is 0.262 e. The lowest BCUT2D eigenvalue weighted by Crippen LogP contribution is -2.44. The van der Waals surface area contributed by atoms with E-state index >= 15 is 0 Å². The summed E-state index contributed by atoms with van der Waals surface area (Å²) in [4.78, 5) is 16.9. The van der Waals surface area contributed by atoms with Crippen molar-refractivity contribution in [1.82, 2.24) is 15.1 Å². The van der Waals surface area contributed by atoms with E-state index in [0.717, 1.165) is 43.3 Å².